The number of benzene rings is 1. The Hall–Kier alpha value is -1.13. The van der Waals surface area contributed by atoms with Gasteiger partial charge < -0.3 is 10.2 Å². The lowest BCUT2D eigenvalue weighted by Crippen LogP contribution is -2.40. The average Bonchev–Trinajstić information content (AvgIpc) is 2.92. The Morgan fingerprint density at radius 1 is 1.32 bits per heavy atom. The van der Waals surface area contributed by atoms with Gasteiger partial charge >= 0.3 is 0 Å². The largest absolute Gasteiger partial charge is 0.366 e. The maximum absolute atomic E-state index is 4.37. The van der Waals surface area contributed by atoms with Gasteiger partial charge in [-0.25, -0.2) is 0 Å². The molecular weight excluding hydrogens is 302 g/mol. The lowest BCUT2D eigenvalue weighted by atomic mass is 9.97. The smallest absolute Gasteiger partial charge is 0.0464 e. The SMILES string of the molecule is Brc1cc2c3c(cncc3c1)CCN2C1CCNC1. The van der Waals surface area contributed by atoms with Gasteiger partial charge in [0.15, 0.2) is 0 Å². The highest BCUT2D eigenvalue weighted by Gasteiger charge is 2.27. The summed E-state index contributed by atoms with van der Waals surface area (Å²) in [7, 11) is 0. The molecule has 4 rings (SSSR count). The van der Waals surface area contributed by atoms with Crippen molar-refractivity contribution in [3.8, 4) is 0 Å². The number of aromatic nitrogens is 1. The number of halogens is 1. The van der Waals surface area contributed by atoms with Crippen molar-refractivity contribution in [3.63, 3.8) is 0 Å². The molecule has 1 N–H and O–H groups in total. The van der Waals surface area contributed by atoms with Crippen LogP contribution in [-0.4, -0.2) is 30.7 Å². The van der Waals surface area contributed by atoms with E-state index in [4.69, 9.17) is 0 Å². The molecule has 3 heterocycles. The van der Waals surface area contributed by atoms with E-state index in [0.717, 1.165) is 30.5 Å². The maximum atomic E-state index is 4.37. The molecule has 2 aliphatic rings. The molecule has 0 amide bonds. The molecule has 0 aliphatic carbocycles. The van der Waals surface area contributed by atoms with E-state index in [1.165, 1.54) is 28.4 Å². The first-order valence-electron chi connectivity index (χ1n) is 6.86. The minimum atomic E-state index is 0.638. The molecule has 3 nitrogen and oxygen atoms in total. The van der Waals surface area contributed by atoms with Gasteiger partial charge in [-0.15, -0.1) is 0 Å². The predicted octanol–water partition coefficient (Wildman–Crippen LogP) is 2.72. The molecular formula is C15H16BrN3. The van der Waals surface area contributed by atoms with Crippen LogP contribution in [0.3, 0.4) is 0 Å². The number of hydrogen-bond acceptors (Lipinski definition) is 3. The highest BCUT2D eigenvalue weighted by Crippen LogP contribution is 2.37. The van der Waals surface area contributed by atoms with Crippen LogP contribution < -0.4 is 10.2 Å². The van der Waals surface area contributed by atoms with Crippen molar-refractivity contribution in [2.24, 2.45) is 0 Å². The molecule has 0 spiro atoms. The van der Waals surface area contributed by atoms with Gasteiger partial charge in [0, 0.05) is 52.5 Å². The summed E-state index contributed by atoms with van der Waals surface area (Å²) in [6.45, 7) is 3.35. The van der Waals surface area contributed by atoms with E-state index in [-0.39, 0.29) is 0 Å². The molecule has 0 saturated carbocycles. The van der Waals surface area contributed by atoms with Gasteiger partial charge in [-0.3, -0.25) is 4.98 Å². The van der Waals surface area contributed by atoms with Crippen molar-refractivity contribution in [1.82, 2.24) is 10.3 Å². The Bertz CT molecular complexity index is 635. The lowest BCUT2D eigenvalue weighted by molar-refractivity contribution is 0.626. The van der Waals surface area contributed by atoms with Crippen molar-refractivity contribution in [2.45, 2.75) is 18.9 Å². The second-order valence-corrected chi connectivity index (χ2v) is 6.33. The summed E-state index contributed by atoms with van der Waals surface area (Å²) in [4.78, 5) is 6.95. The number of nitrogens with zero attached hydrogens (tertiary/aromatic N) is 2. The van der Waals surface area contributed by atoms with Gasteiger partial charge in [0.1, 0.15) is 0 Å². The second-order valence-electron chi connectivity index (χ2n) is 5.41. The molecule has 1 fully saturated rings. The number of hydrogen-bond donors (Lipinski definition) is 1. The van der Waals surface area contributed by atoms with Gasteiger partial charge in [-0.2, -0.15) is 0 Å². The zero-order valence-corrected chi connectivity index (χ0v) is 12.3. The zero-order valence-electron chi connectivity index (χ0n) is 10.7. The fraction of sp³-hybridized carbons (Fsp3) is 0.400. The monoisotopic (exact) mass is 317 g/mol. The van der Waals surface area contributed by atoms with E-state index in [0.29, 0.717) is 6.04 Å². The van der Waals surface area contributed by atoms with Gasteiger partial charge in [0.05, 0.1) is 0 Å². The minimum absolute atomic E-state index is 0.638. The minimum Gasteiger partial charge on any atom is -0.366 e. The summed E-state index contributed by atoms with van der Waals surface area (Å²) in [5, 5.41) is 6.12. The van der Waals surface area contributed by atoms with Crippen molar-refractivity contribution in [1.29, 1.82) is 0 Å². The third-order valence-electron chi connectivity index (χ3n) is 4.28. The van der Waals surface area contributed by atoms with Crippen LogP contribution in [0.5, 0.6) is 0 Å². The van der Waals surface area contributed by atoms with E-state index < -0.39 is 0 Å². The van der Waals surface area contributed by atoms with Crippen LogP contribution in [0, 0.1) is 0 Å². The standard InChI is InChI=1S/C15H16BrN3/c16-12-5-11-8-18-7-10-2-4-19(13-1-3-17-9-13)14(6-12)15(10)11/h5-8,13,17H,1-4,9H2. The van der Waals surface area contributed by atoms with Crippen molar-refractivity contribution < 1.29 is 0 Å². The topological polar surface area (TPSA) is 28.2 Å². The van der Waals surface area contributed by atoms with Gasteiger partial charge in [0.25, 0.3) is 0 Å². The van der Waals surface area contributed by atoms with Gasteiger partial charge in [-0.05, 0) is 37.1 Å². The quantitative estimate of drug-likeness (QED) is 0.876. The third kappa shape index (κ3) is 1.85. The van der Waals surface area contributed by atoms with Crippen LogP contribution >= 0.6 is 15.9 Å². The predicted molar refractivity (Wildman–Crippen MR) is 81.8 cm³/mol. The number of anilines is 1. The molecule has 1 aromatic heterocycles. The molecule has 1 atom stereocenters. The third-order valence-corrected chi connectivity index (χ3v) is 4.74. The highest BCUT2D eigenvalue weighted by atomic mass is 79.9. The van der Waals surface area contributed by atoms with Crippen LogP contribution in [0.2, 0.25) is 0 Å². The van der Waals surface area contributed by atoms with Crippen LogP contribution in [0.1, 0.15) is 12.0 Å². The first-order valence-corrected chi connectivity index (χ1v) is 7.66. The molecule has 1 saturated heterocycles. The maximum Gasteiger partial charge on any atom is 0.0464 e. The molecule has 19 heavy (non-hydrogen) atoms. The Balaban J connectivity index is 1.92. The molecule has 4 heteroatoms. The van der Waals surface area contributed by atoms with Crippen molar-refractivity contribution >= 4 is 32.4 Å². The zero-order chi connectivity index (χ0) is 12.8. The van der Waals surface area contributed by atoms with Gasteiger partial charge in [-0.1, -0.05) is 15.9 Å². The van der Waals surface area contributed by atoms with E-state index in [1.807, 2.05) is 12.4 Å². The fourth-order valence-electron chi connectivity index (χ4n) is 3.40. The Morgan fingerprint density at radius 3 is 3.11 bits per heavy atom. The normalized spacial score (nSPS) is 22.2. The van der Waals surface area contributed by atoms with E-state index in [9.17, 15) is 0 Å². The van der Waals surface area contributed by atoms with Crippen LogP contribution in [0.4, 0.5) is 5.69 Å². The van der Waals surface area contributed by atoms with Gasteiger partial charge in [0.2, 0.25) is 0 Å². The molecule has 98 valence electrons. The summed E-state index contributed by atoms with van der Waals surface area (Å²) < 4.78 is 1.15. The summed E-state index contributed by atoms with van der Waals surface area (Å²) >= 11 is 3.64. The average molecular weight is 318 g/mol. The lowest BCUT2D eigenvalue weighted by Gasteiger charge is -2.35. The first kappa shape index (κ1) is 11.7. The molecule has 1 unspecified atom stereocenters. The van der Waals surface area contributed by atoms with Crippen molar-refractivity contribution in [2.75, 3.05) is 24.5 Å². The Labute approximate surface area is 121 Å². The summed E-state index contributed by atoms with van der Waals surface area (Å²) in [6, 6.07) is 5.08. The molecule has 0 radical (unpaired) electrons. The molecule has 0 bridgehead atoms. The van der Waals surface area contributed by atoms with Crippen LogP contribution in [0.25, 0.3) is 10.8 Å². The summed E-state index contributed by atoms with van der Waals surface area (Å²) in [5.41, 5.74) is 2.77. The molecule has 2 aliphatic heterocycles. The molecule has 1 aromatic carbocycles. The first-order chi connectivity index (χ1) is 9.33. The fourth-order valence-corrected chi connectivity index (χ4v) is 3.86. The molecule has 2 aromatic rings. The van der Waals surface area contributed by atoms with E-state index in [2.05, 4.69) is 43.3 Å². The Morgan fingerprint density at radius 2 is 2.26 bits per heavy atom. The van der Waals surface area contributed by atoms with Crippen LogP contribution in [0.15, 0.2) is 29.0 Å². The van der Waals surface area contributed by atoms with E-state index >= 15 is 0 Å². The van der Waals surface area contributed by atoms with Crippen LogP contribution in [-0.2, 0) is 6.42 Å². The summed E-state index contributed by atoms with van der Waals surface area (Å²) in [5.74, 6) is 0. The number of rotatable bonds is 1. The number of nitrogens with one attached hydrogen (secondary N) is 1. The van der Waals surface area contributed by atoms with E-state index in [1.54, 1.807) is 0 Å². The number of pyridine rings is 1. The van der Waals surface area contributed by atoms with Crippen molar-refractivity contribution in [3.05, 3.63) is 34.6 Å². The Kier molecular flexibility index (Phi) is 2.74. The summed E-state index contributed by atoms with van der Waals surface area (Å²) in [6.07, 6.45) is 6.36. The second kappa shape index (κ2) is 4.46. The highest BCUT2D eigenvalue weighted by molar-refractivity contribution is 9.10.